The lowest BCUT2D eigenvalue weighted by atomic mass is 10.1. The smallest absolute Gasteiger partial charge is 0.251 e. The van der Waals surface area contributed by atoms with Gasteiger partial charge in [-0.15, -0.1) is 0 Å². The normalized spacial score (nSPS) is 11.8. The van der Waals surface area contributed by atoms with Crippen LogP contribution in [0.1, 0.15) is 24.7 Å². The molecule has 13 heavy (non-hydrogen) atoms. The Balaban J connectivity index is 3.10. The maximum absolute atomic E-state index is 13.1. The minimum Gasteiger partial charge on any atom is -0.251 e. The monoisotopic (exact) mass is 249 g/mol. The van der Waals surface area contributed by atoms with Gasteiger partial charge in [0.15, 0.2) is 0 Å². The van der Waals surface area contributed by atoms with E-state index in [1.54, 1.807) is 13.0 Å². The van der Waals surface area contributed by atoms with Crippen molar-refractivity contribution >= 4 is 15.9 Å². The summed E-state index contributed by atoms with van der Waals surface area (Å²) >= 11 is 3.21. The molecule has 1 nitrogen and oxygen atoms in total. The third kappa shape index (κ3) is 2.24. The second kappa shape index (κ2) is 3.70. The van der Waals surface area contributed by atoms with Gasteiger partial charge in [-0.25, -0.2) is 0 Å². The number of halogens is 3. The fourth-order valence-electron chi connectivity index (χ4n) is 0.929. The molecule has 0 spiro atoms. The molecule has 0 aliphatic rings. The zero-order valence-corrected chi connectivity index (χ0v) is 9.03. The van der Waals surface area contributed by atoms with Crippen molar-refractivity contribution in [3.05, 3.63) is 28.0 Å². The summed E-state index contributed by atoms with van der Waals surface area (Å²) in [7, 11) is 0. The quantitative estimate of drug-likeness (QED) is 0.780. The molecule has 72 valence electrons. The topological polar surface area (TPSA) is 12.9 Å². The zero-order valence-electron chi connectivity index (χ0n) is 7.44. The van der Waals surface area contributed by atoms with E-state index in [1.165, 1.54) is 13.0 Å². The molecule has 1 heterocycles. The van der Waals surface area contributed by atoms with Gasteiger partial charge in [0.2, 0.25) is 0 Å². The van der Waals surface area contributed by atoms with E-state index in [1.807, 2.05) is 0 Å². The molecule has 0 unspecified atom stereocenters. The highest BCUT2D eigenvalue weighted by Crippen LogP contribution is 2.30. The van der Waals surface area contributed by atoms with Gasteiger partial charge < -0.3 is 0 Å². The Hall–Kier alpha value is -0.510. The molecule has 0 aromatic carbocycles. The summed E-state index contributed by atoms with van der Waals surface area (Å²) in [4.78, 5) is 3.82. The number of aromatic nitrogens is 1. The fourth-order valence-corrected chi connectivity index (χ4v) is 1.15. The van der Waals surface area contributed by atoms with E-state index in [-0.39, 0.29) is 12.1 Å². The lowest BCUT2D eigenvalue weighted by Crippen LogP contribution is -2.14. The fraction of sp³-hybridized carbons (Fsp3) is 0.444. The second-order valence-electron chi connectivity index (χ2n) is 2.82. The Bertz CT molecular complexity index is 312. The average molecular weight is 250 g/mol. The van der Waals surface area contributed by atoms with Gasteiger partial charge in [-0.2, -0.15) is 8.78 Å². The summed E-state index contributed by atoms with van der Waals surface area (Å²) in [5.74, 6) is -2.81. The van der Waals surface area contributed by atoms with E-state index < -0.39 is 5.92 Å². The zero-order chi connectivity index (χ0) is 10.1. The molecule has 0 fully saturated rings. The Morgan fingerprint density at radius 1 is 1.46 bits per heavy atom. The van der Waals surface area contributed by atoms with Crippen molar-refractivity contribution < 1.29 is 8.78 Å². The first-order chi connectivity index (χ1) is 5.97. The van der Waals surface area contributed by atoms with Crippen LogP contribution in [0, 0.1) is 6.92 Å². The lowest BCUT2D eigenvalue weighted by molar-refractivity contribution is -0.0129. The molecule has 0 radical (unpaired) electrons. The predicted octanol–water partition coefficient (Wildman–Crippen LogP) is 3.65. The molecule has 0 atom stereocenters. The van der Waals surface area contributed by atoms with E-state index in [4.69, 9.17) is 0 Å². The Labute approximate surface area is 84.3 Å². The van der Waals surface area contributed by atoms with Crippen molar-refractivity contribution in [1.82, 2.24) is 4.98 Å². The Morgan fingerprint density at radius 2 is 2.08 bits per heavy atom. The predicted molar refractivity (Wildman–Crippen MR) is 50.9 cm³/mol. The lowest BCUT2D eigenvalue weighted by Gasteiger charge is -2.13. The summed E-state index contributed by atoms with van der Waals surface area (Å²) in [5, 5.41) is 0. The van der Waals surface area contributed by atoms with Crippen LogP contribution in [0.2, 0.25) is 0 Å². The molecule has 0 saturated carbocycles. The van der Waals surface area contributed by atoms with Crippen LogP contribution < -0.4 is 0 Å². The number of hydrogen-bond donors (Lipinski definition) is 0. The molecular weight excluding hydrogens is 240 g/mol. The van der Waals surface area contributed by atoms with Crippen LogP contribution in [-0.4, -0.2) is 4.98 Å². The second-order valence-corrected chi connectivity index (χ2v) is 3.68. The van der Waals surface area contributed by atoms with Gasteiger partial charge in [0.05, 0.1) is 5.69 Å². The van der Waals surface area contributed by atoms with Gasteiger partial charge in [0.25, 0.3) is 5.92 Å². The summed E-state index contributed by atoms with van der Waals surface area (Å²) < 4.78 is 27.0. The Kier molecular flexibility index (Phi) is 3.01. The number of alkyl halides is 2. The first kappa shape index (κ1) is 10.6. The number of hydrogen-bond acceptors (Lipinski definition) is 1. The summed E-state index contributed by atoms with van der Waals surface area (Å²) in [5.41, 5.74) is 0.432. The first-order valence-electron chi connectivity index (χ1n) is 3.99. The molecule has 1 rings (SSSR count). The molecule has 4 heteroatoms. The van der Waals surface area contributed by atoms with Gasteiger partial charge in [-0.1, -0.05) is 6.92 Å². The first-order valence-corrected chi connectivity index (χ1v) is 4.78. The van der Waals surface area contributed by atoms with Crippen LogP contribution in [-0.2, 0) is 5.92 Å². The van der Waals surface area contributed by atoms with Crippen molar-refractivity contribution in [1.29, 1.82) is 0 Å². The molecule has 0 aliphatic heterocycles. The Morgan fingerprint density at radius 3 is 2.54 bits per heavy atom. The van der Waals surface area contributed by atoms with Crippen LogP contribution in [0.3, 0.4) is 0 Å². The van der Waals surface area contributed by atoms with E-state index in [9.17, 15) is 8.78 Å². The van der Waals surface area contributed by atoms with Gasteiger partial charge in [-0.3, -0.25) is 4.98 Å². The number of nitrogens with zero attached hydrogens (tertiary/aromatic N) is 1. The van der Waals surface area contributed by atoms with Gasteiger partial charge in [0.1, 0.15) is 5.69 Å². The van der Waals surface area contributed by atoms with Crippen LogP contribution in [0.15, 0.2) is 16.6 Å². The molecule has 0 N–H and O–H groups in total. The SMILES string of the molecule is CCC(F)(F)c1ccc(Br)c(C)n1. The van der Waals surface area contributed by atoms with E-state index in [2.05, 4.69) is 20.9 Å². The third-order valence-corrected chi connectivity index (χ3v) is 2.68. The van der Waals surface area contributed by atoms with Crippen LogP contribution in [0.4, 0.5) is 8.78 Å². The van der Waals surface area contributed by atoms with E-state index in [0.717, 1.165) is 4.47 Å². The standard InChI is InChI=1S/C9H10BrF2N/c1-3-9(11,12)8-5-4-7(10)6(2)13-8/h4-5H,3H2,1-2H3. The number of pyridine rings is 1. The maximum Gasteiger partial charge on any atom is 0.289 e. The molecule has 0 aliphatic carbocycles. The largest absolute Gasteiger partial charge is 0.289 e. The summed E-state index contributed by atoms with van der Waals surface area (Å²) in [6.07, 6.45) is -0.221. The van der Waals surface area contributed by atoms with E-state index >= 15 is 0 Å². The van der Waals surface area contributed by atoms with Crippen LogP contribution in [0.25, 0.3) is 0 Å². The summed E-state index contributed by atoms with van der Waals surface area (Å²) in [6.45, 7) is 3.14. The minimum atomic E-state index is -2.81. The van der Waals surface area contributed by atoms with Crippen molar-refractivity contribution in [2.24, 2.45) is 0 Å². The third-order valence-electron chi connectivity index (χ3n) is 1.84. The van der Waals surface area contributed by atoms with E-state index in [0.29, 0.717) is 5.69 Å². The highest BCUT2D eigenvalue weighted by molar-refractivity contribution is 9.10. The molecule has 0 amide bonds. The highest BCUT2D eigenvalue weighted by atomic mass is 79.9. The number of aryl methyl sites for hydroxylation is 1. The van der Waals surface area contributed by atoms with Gasteiger partial charge in [-0.05, 0) is 35.0 Å². The highest BCUT2D eigenvalue weighted by Gasteiger charge is 2.30. The summed E-state index contributed by atoms with van der Waals surface area (Å²) in [6, 6.07) is 2.95. The van der Waals surface area contributed by atoms with Gasteiger partial charge >= 0.3 is 0 Å². The van der Waals surface area contributed by atoms with Crippen molar-refractivity contribution in [2.45, 2.75) is 26.2 Å². The van der Waals surface area contributed by atoms with Crippen molar-refractivity contribution in [3.63, 3.8) is 0 Å². The van der Waals surface area contributed by atoms with Gasteiger partial charge in [0, 0.05) is 10.9 Å². The molecule has 1 aromatic rings. The van der Waals surface area contributed by atoms with Crippen molar-refractivity contribution in [2.75, 3.05) is 0 Å². The minimum absolute atomic E-state index is 0.157. The number of rotatable bonds is 2. The van der Waals surface area contributed by atoms with Crippen LogP contribution in [0.5, 0.6) is 0 Å². The maximum atomic E-state index is 13.1. The molecule has 0 bridgehead atoms. The average Bonchev–Trinajstić information content (AvgIpc) is 2.09. The molecular formula is C9H10BrF2N. The van der Waals surface area contributed by atoms with Crippen LogP contribution >= 0.6 is 15.9 Å². The molecule has 0 saturated heterocycles. The molecule has 1 aromatic heterocycles. The van der Waals surface area contributed by atoms with Crippen molar-refractivity contribution in [3.8, 4) is 0 Å².